The number of hydrogen-bond donors (Lipinski definition) is 0. The number of methoxy groups -OCH3 is 1. The molecule has 0 aliphatic heterocycles. The van der Waals surface area contributed by atoms with Crippen molar-refractivity contribution in [2.75, 3.05) is 13.7 Å². The summed E-state index contributed by atoms with van der Waals surface area (Å²) in [4.78, 5) is -0.159. The van der Waals surface area contributed by atoms with E-state index in [-0.39, 0.29) is 21.4 Å². The van der Waals surface area contributed by atoms with Crippen LogP contribution in [0.15, 0.2) is 45.8 Å². The third-order valence-corrected chi connectivity index (χ3v) is 4.85. The molecule has 0 atom stereocenters. The molecule has 8 heteroatoms. The molecule has 0 radical (unpaired) electrons. The van der Waals surface area contributed by atoms with E-state index in [1.165, 1.54) is 31.4 Å². The molecule has 0 aliphatic rings. The molecule has 0 amide bonds. The molecule has 124 valence electrons. The predicted octanol–water partition coefficient (Wildman–Crippen LogP) is 4.28. The molecule has 5 nitrogen and oxygen atoms in total. The van der Waals surface area contributed by atoms with Crippen molar-refractivity contribution in [3.05, 3.63) is 45.9 Å². The number of hydrogen-bond acceptors (Lipinski definition) is 5. The molecule has 0 N–H and O–H groups in total. The summed E-state index contributed by atoms with van der Waals surface area (Å²) in [5, 5.41) is 0.242. The summed E-state index contributed by atoms with van der Waals surface area (Å²) in [6, 6.07) is 9.08. The van der Waals surface area contributed by atoms with Crippen LogP contribution in [0.1, 0.15) is 6.92 Å². The first kappa shape index (κ1) is 17.9. The van der Waals surface area contributed by atoms with E-state index in [4.69, 9.17) is 25.3 Å². The number of ether oxygens (including phenoxy) is 2. The van der Waals surface area contributed by atoms with Crippen LogP contribution in [0.4, 0.5) is 0 Å². The molecule has 2 aromatic rings. The SMILES string of the molecule is CCOc1ccc(OS(=O)(=O)c2cc(Cl)cc(Br)c2OC)cc1. The van der Waals surface area contributed by atoms with Gasteiger partial charge in [0, 0.05) is 5.02 Å². The van der Waals surface area contributed by atoms with Crippen LogP contribution in [0.3, 0.4) is 0 Å². The number of rotatable bonds is 6. The van der Waals surface area contributed by atoms with E-state index >= 15 is 0 Å². The Morgan fingerprint density at radius 1 is 1.13 bits per heavy atom. The standard InChI is InChI=1S/C15H14BrClO5S/c1-3-21-11-4-6-12(7-5-11)22-23(18,19)14-9-10(17)8-13(16)15(14)20-2/h4-9H,3H2,1-2H3. The van der Waals surface area contributed by atoms with Gasteiger partial charge >= 0.3 is 10.1 Å². The summed E-state index contributed by atoms with van der Waals surface area (Å²) >= 11 is 9.14. The van der Waals surface area contributed by atoms with Crippen molar-refractivity contribution in [2.24, 2.45) is 0 Å². The van der Waals surface area contributed by atoms with Crippen LogP contribution in [0.5, 0.6) is 17.2 Å². The minimum Gasteiger partial charge on any atom is -0.494 e. The molecule has 0 heterocycles. The van der Waals surface area contributed by atoms with Crippen LogP contribution in [0.2, 0.25) is 5.02 Å². The lowest BCUT2D eigenvalue weighted by molar-refractivity contribution is 0.340. The van der Waals surface area contributed by atoms with Gasteiger partial charge in [0.25, 0.3) is 0 Å². The van der Waals surface area contributed by atoms with Gasteiger partial charge in [0.05, 0.1) is 18.2 Å². The number of halogens is 2. The molecule has 0 fully saturated rings. The maximum absolute atomic E-state index is 12.5. The van der Waals surface area contributed by atoms with E-state index < -0.39 is 10.1 Å². The van der Waals surface area contributed by atoms with Gasteiger partial charge in [-0.1, -0.05) is 11.6 Å². The van der Waals surface area contributed by atoms with Crippen LogP contribution < -0.4 is 13.7 Å². The molecule has 23 heavy (non-hydrogen) atoms. The largest absolute Gasteiger partial charge is 0.494 e. The lowest BCUT2D eigenvalue weighted by atomic mass is 10.3. The average Bonchev–Trinajstić information content (AvgIpc) is 2.48. The van der Waals surface area contributed by atoms with Crippen LogP contribution in [-0.2, 0) is 10.1 Å². The summed E-state index contributed by atoms with van der Waals surface area (Å²) in [7, 11) is -2.74. The predicted molar refractivity (Wildman–Crippen MR) is 91.1 cm³/mol. The fourth-order valence-electron chi connectivity index (χ4n) is 1.85. The Labute approximate surface area is 148 Å². The van der Waals surface area contributed by atoms with Crippen molar-refractivity contribution < 1.29 is 22.1 Å². The maximum atomic E-state index is 12.5. The van der Waals surface area contributed by atoms with Crippen LogP contribution in [0, 0.1) is 0 Å². The second-order valence-corrected chi connectivity index (χ2v) is 7.17. The topological polar surface area (TPSA) is 61.8 Å². The van der Waals surface area contributed by atoms with Gasteiger partial charge in [0.1, 0.15) is 11.5 Å². The van der Waals surface area contributed by atoms with Gasteiger partial charge in [0.15, 0.2) is 10.6 Å². The van der Waals surface area contributed by atoms with Crippen molar-refractivity contribution in [1.29, 1.82) is 0 Å². The molecule has 0 bridgehead atoms. The van der Waals surface area contributed by atoms with Crippen molar-refractivity contribution in [1.82, 2.24) is 0 Å². The number of benzene rings is 2. The molecule has 0 unspecified atom stereocenters. The smallest absolute Gasteiger partial charge is 0.343 e. The third kappa shape index (κ3) is 4.31. The minimum atomic E-state index is -4.11. The highest BCUT2D eigenvalue weighted by Gasteiger charge is 2.24. The van der Waals surface area contributed by atoms with Crippen LogP contribution in [-0.4, -0.2) is 22.1 Å². The second kappa shape index (κ2) is 7.42. The minimum absolute atomic E-state index is 0.125. The molecule has 0 spiro atoms. The molecular weight excluding hydrogens is 408 g/mol. The van der Waals surface area contributed by atoms with Gasteiger partial charge in [0.2, 0.25) is 0 Å². The molecule has 0 aromatic heterocycles. The molecule has 0 saturated heterocycles. The van der Waals surface area contributed by atoms with E-state index in [0.29, 0.717) is 16.8 Å². The Morgan fingerprint density at radius 3 is 2.30 bits per heavy atom. The Balaban J connectivity index is 2.35. The zero-order valence-corrected chi connectivity index (χ0v) is 15.5. The maximum Gasteiger partial charge on any atom is 0.343 e. The van der Waals surface area contributed by atoms with E-state index in [2.05, 4.69) is 15.9 Å². The summed E-state index contributed by atoms with van der Waals surface area (Å²) in [5.41, 5.74) is 0. The first-order chi connectivity index (χ1) is 10.9. The first-order valence-electron chi connectivity index (χ1n) is 6.57. The lowest BCUT2D eigenvalue weighted by Crippen LogP contribution is -2.11. The zero-order valence-electron chi connectivity index (χ0n) is 12.4. The summed E-state index contributed by atoms with van der Waals surface area (Å²) in [6.07, 6.45) is 0. The van der Waals surface area contributed by atoms with Gasteiger partial charge in [-0.2, -0.15) is 8.42 Å². The van der Waals surface area contributed by atoms with Gasteiger partial charge in [-0.15, -0.1) is 0 Å². The van der Waals surface area contributed by atoms with Crippen molar-refractivity contribution in [3.8, 4) is 17.2 Å². The normalized spacial score (nSPS) is 11.1. The summed E-state index contributed by atoms with van der Waals surface area (Å²) in [5.74, 6) is 0.910. The van der Waals surface area contributed by atoms with Gasteiger partial charge in [-0.25, -0.2) is 0 Å². The Bertz CT molecular complexity index is 790. The molecule has 2 rings (SSSR count). The lowest BCUT2D eigenvalue weighted by Gasteiger charge is -2.13. The molecular formula is C15H14BrClO5S. The van der Waals surface area contributed by atoms with Crippen LogP contribution in [0.25, 0.3) is 0 Å². The third-order valence-electron chi connectivity index (χ3n) is 2.79. The Morgan fingerprint density at radius 2 is 1.74 bits per heavy atom. The van der Waals surface area contributed by atoms with E-state index in [9.17, 15) is 8.42 Å². The second-order valence-electron chi connectivity index (χ2n) is 4.36. The quantitative estimate of drug-likeness (QED) is 0.652. The van der Waals surface area contributed by atoms with E-state index in [1.54, 1.807) is 12.1 Å². The van der Waals surface area contributed by atoms with Crippen LogP contribution >= 0.6 is 27.5 Å². The summed E-state index contributed by atoms with van der Waals surface area (Å²) < 4.78 is 40.9. The Hall–Kier alpha value is -1.44. The van der Waals surface area contributed by atoms with Gasteiger partial charge in [-0.3, -0.25) is 0 Å². The summed E-state index contributed by atoms with van der Waals surface area (Å²) in [6.45, 7) is 2.38. The first-order valence-corrected chi connectivity index (χ1v) is 9.15. The molecule has 0 saturated carbocycles. The monoisotopic (exact) mass is 420 g/mol. The zero-order chi connectivity index (χ0) is 17.0. The molecule has 0 aliphatic carbocycles. The highest BCUT2D eigenvalue weighted by Crippen LogP contribution is 2.36. The van der Waals surface area contributed by atoms with Crippen molar-refractivity contribution >= 4 is 37.6 Å². The van der Waals surface area contributed by atoms with Gasteiger partial charge in [-0.05, 0) is 59.3 Å². The average molecular weight is 422 g/mol. The Kier molecular flexibility index (Phi) is 5.78. The highest BCUT2D eigenvalue weighted by molar-refractivity contribution is 9.10. The van der Waals surface area contributed by atoms with Gasteiger partial charge < -0.3 is 13.7 Å². The van der Waals surface area contributed by atoms with E-state index in [0.717, 1.165) is 0 Å². The highest BCUT2D eigenvalue weighted by atomic mass is 79.9. The van der Waals surface area contributed by atoms with Crippen molar-refractivity contribution in [3.63, 3.8) is 0 Å². The fourth-order valence-corrected chi connectivity index (χ4v) is 4.16. The fraction of sp³-hybridized carbons (Fsp3) is 0.200. The van der Waals surface area contributed by atoms with E-state index in [1.807, 2.05) is 6.92 Å². The molecule has 2 aromatic carbocycles. The van der Waals surface area contributed by atoms with Crippen molar-refractivity contribution in [2.45, 2.75) is 11.8 Å².